The summed E-state index contributed by atoms with van der Waals surface area (Å²) in [7, 11) is 0. The van der Waals surface area contributed by atoms with E-state index in [4.69, 9.17) is 14.2 Å². The summed E-state index contributed by atoms with van der Waals surface area (Å²) < 4.78 is 17.7. The number of ether oxygens (including phenoxy) is 3. The van der Waals surface area contributed by atoms with E-state index >= 15 is 0 Å². The molecule has 3 atom stereocenters. The van der Waals surface area contributed by atoms with Crippen molar-refractivity contribution in [2.75, 3.05) is 13.2 Å². The van der Waals surface area contributed by atoms with Crippen molar-refractivity contribution < 1.29 is 14.2 Å². The van der Waals surface area contributed by atoms with Crippen molar-refractivity contribution >= 4 is 0 Å². The lowest BCUT2D eigenvalue weighted by Crippen LogP contribution is -2.20. The van der Waals surface area contributed by atoms with Crippen LogP contribution in [0.25, 0.3) is 0 Å². The molecule has 0 radical (unpaired) electrons. The highest BCUT2D eigenvalue weighted by Gasteiger charge is 2.24. The van der Waals surface area contributed by atoms with Gasteiger partial charge in [0.25, 0.3) is 0 Å². The standard InChI is InChI=1S/C32H48O3/c1-7-24(2)31(23-32(4,5)6)28-15-19-30(20-16-28)35-25(3)33-21-22-34-29-17-13-27(14-18-29)26-11-9-8-10-12-26/h13-20,24-26,31H,7-12,21-23H2,1-6H3. The van der Waals surface area contributed by atoms with E-state index in [0.717, 1.165) is 17.4 Å². The fraction of sp³-hybridized carbons (Fsp3) is 0.625. The Morgan fingerprint density at radius 3 is 2.06 bits per heavy atom. The monoisotopic (exact) mass is 480 g/mol. The molecule has 194 valence electrons. The molecule has 0 spiro atoms. The molecule has 0 saturated heterocycles. The van der Waals surface area contributed by atoms with Gasteiger partial charge in [0.15, 0.2) is 6.29 Å². The Kier molecular flexibility index (Phi) is 10.5. The van der Waals surface area contributed by atoms with Gasteiger partial charge in [-0.05, 0) is 84.7 Å². The van der Waals surface area contributed by atoms with Crippen LogP contribution in [-0.2, 0) is 4.74 Å². The number of hydrogen-bond acceptors (Lipinski definition) is 3. The summed E-state index contributed by atoms with van der Waals surface area (Å²) in [6, 6.07) is 17.3. The van der Waals surface area contributed by atoms with Crippen LogP contribution in [0, 0.1) is 11.3 Å². The molecular formula is C32H48O3. The first-order valence-electron chi connectivity index (χ1n) is 13.9. The normalized spacial score (nSPS) is 17.5. The summed E-state index contributed by atoms with van der Waals surface area (Å²) in [6.07, 6.45) is 8.82. The predicted molar refractivity (Wildman–Crippen MR) is 147 cm³/mol. The van der Waals surface area contributed by atoms with Crippen LogP contribution in [0.15, 0.2) is 48.5 Å². The van der Waals surface area contributed by atoms with Crippen LogP contribution in [0.2, 0.25) is 0 Å². The summed E-state index contributed by atoms with van der Waals surface area (Å²) in [5.74, 6) is 3.71. The molecule has 2 aromatic carbocycles. The SMILES string of the molecule is CCC(C)C(CC(C)(C)C)c1ccc(OC(C)OCCOc2ccc(C3CCCCC3)cc2)cc1. The zero-order valence-corrected chi connectivity index (χ0v) is 23.0. The molecule has 1 fully saturated rings. The highest BCUT2D eigenvalue weighted by Crippen LogP contribution is 2.38. The summed E-state index contributed by atoms with van der Waals surface area (Å²) >= 11 is 0. The van der Waals surface area contributed by atoms with Gasteiger partial charge in [0, 0.05) is 0 Å². The number of benzene rings is 2. The van der Waals surface area contributed by atoms with Crippen molar-refractivity contribution in [3.63, 3.8) is 0 Å². The van der Waals surface area contributed by atoms with Crippen LogP contribution in [0.1, 0.15) is 109 Å². The Labute approximate surface area is 214 Å². The van der Waals surface area contributed by atoms with E-state index < -0.39 is 0 Å². The van der Waals surface area contributed by atoms with Crippen LogP contribution < -0.4 is 9.47 Å². The van der Waals surface area contributed by atoms with Gasteiger partial charge < -0.3 is 14.2 Å². The van der Waals surface area contributed by atoms with Crippen molar-refractivity contribution in [2.45, 2.75) is 105 Å². The van der Waals surface area contributed by atoms with Crippen LogP contribution in [0.5, 0.6) is 11.5 Å². The Hall–Kier alpha value is -2.00. The van der Waals surface area contributed by atoms with Crippen molar-refractivity contribution in [3.8, 4) is 11.5 Å². The van der Waals surface area contributed by atoms with Gasteiger partial charge in [-0.2, -0.15) is 0 Å². The minimum atomic E-state index is -0.321. The van der Waals surface area contributed by atoms with Crippen LogP contribution in [0.3, 0.4) is 0 Å². The predicted octanol–water partition coefficient (Wildman–Crippen LogP) is 9.12. The Bertz CT molecular complexity index is 844. The Morgan fingerprint density at radius 2 is 1.46 bits per heavy atom. The Balaban J connectivity index is 1.41. The zero-order valence-electron chi connectivity index (χ0n) is 23.0. The largest absolute Gasteiger partial charge is 0.491 e. The number of rotatable bonds is 12. The van der Waals surface area contributed by atoms with Gasteiger partial charge in [-0.15, -0.1) is 0 Å². The van der Waals surface area contributed by atoms with E-state index in [-0.39, 0.29) is 6.29 Å². The molecule has 0 heterocycles. The van der Waals surface area contributed by atoms with Gasteiger partial charge in [0.1, 0.15) is 18.1 Å². The van der Waals surface area contributed by atoms with E-state index in [1.54, 1.807) is 0 Å². The summed E-state index contributed by atoms with van der Waals surface area (Å²) in [5.41, 5.74) is 3.17. The Morgan fingerprint density at radius 1 is 0.829 bits per heavy atom. The highest BCUT2D eigenvalue weighted by atomic mass is 16.7. The topological polar surface area (TPSA) is 27.7 Å². The van der Waals surface area contributed by atoms with Crippen molar-refractivity contribution in [3.05, 3.63) is 59.7 Å². The summed E-state index contributed by atoms with van der Waals surface area (Å²) in [4.78, 5) is 0. The first-order chi connectivity index (χ1) is 16.7. The second-order valence-electron chi connectivity index (χ2n) is 11.6. The van der Waals surface area contributed by atoms with E-state index in [1.807, 2.05) is 6.92 Å². The third-order valence-corrected chi connectivity index (χ3v) is 7.43. The van der Waals surface area contributed by atoms with Gasteiger partial charge >= 0.3 is 0 Å². The average Bonchev–Trinajstić information content (AvgIpc) is 2.86. The third-order valence-electron chi connectivity index (χ3n) is 7.43. The molecule has 3 nitrogen and oxygen atoms in total. The minimum Gasteiger partial charge on any atom is -0.491 e. The van der Waals surface area contributed by atoms with Gasteiger partial charge in [-0.3, -0.25) is 0 Å². The van der Waals surface area contributed by atoms with E-state index in [1.165, 1.54) is 56.1 Å². The lowest BCUT2D eigenvalue weighted by atomic mass is 9.75. The van der Waals surface area contributed by atoms with E-state index in [9.17, 15) is 0 Å². The fourth-order valence-electron chi connectivity index (χ4n) is 5.26. The molecule has 2 aromatic rings. The molecule has 0 bridgehead atoms. The maximum Gasteiger partial charge on any atom is 0.197 e. The second-order valence-corrected chi connectivity index (χ2v) is 11.6. The van der Waals surface area contributed by atoms with Crippen molar-refractivity contribution in [1.82, 2.24) is 0 Å². The maximum absolute atomic E-state index is 5.99. The molecular weight excluding hydrogens is 432 g/mol. The summed E-state index contributed by atoms with van der Waals surface area (Å²) in [6.45, 7) is 14.6. The van der Waals surface area contributed by atoms with Crippen molar-refractivity contribution in [2.24, 2.45) is 11.3 Å². The first kappa shape index (κ1) is 27.6. The fourth-order valence-corrected chi connectivity index (χ4v) is 5.26. The molecule has 35 heavy (non-hydrogen) atoms. The smallest absolute Gasteiger partial charge is 0.197 e. The van der Waals surface area contributed by atoms with Gasteiger partial charge in [-0.25, -0.2) is 0 Å². The maximum atomic E-state index is 5.99. The van der Waals surface area contributed by atoms with Crippen LogP contribution in [0.4, 0.5) is 0 Å². The molecule has 0 aliphatic heterocycles. The van der Waals surface area contributed by atoms with Gasteiger partial charge in [-0.1, -0.05) is 84.6 Å². The zero-order chi connectivity index (χ0) is 25.3. The van der Waals surface area contributed by atoms with Gasteiger partial charge in [0.2, 0.25) is 0 Å². The summed E-state index contributed by atoms with van der Waals surface area (Å²) in [5, 5.41) is 0. The van der Waals surface area contributed by atoms with Crippen LogP contribution >= 0.6 is 0 Å². The first-order valence-corrected chi connectivity index (χ1v) is 13.9. The van der Waals surface area contributed by atoms with Crippen molar-refractivity contribution in [1.29, 1.82) is 0 Å². The highest BCUT2D eigenvalue weighted by molar-refractivity contribution is 5.31. The quantitative estimate of drug-likeness (QED) is 0.224. The average molecular weight is 481 g/mol. The molecule has 1 aliphatic carbocycles. The van der Waals surface area contributed by atoms with E-state index in [0.29, 0.717) is 30.5 Å². The van der Waals surface area contributed by atoms with Gasteiger partial charge in [0.05, 0.1) is 6.61 Å². The molecule has 3 heteroatoms. The molecule has 0 amide bonds. The minimum absolute atomic E-state index is 0.311. The lowest BCUT2D eigenvalue weighted by molar-refractivity contribution is -0.0739. The third kappa shape index (κ3) is 9.18. The van der Waals surface area contributed by atoms with Crippen LogP contribution in [-0.4, -0.2) is 19.5 Å². The number of hydrogen-bond donors (Lipinski definition) is 0. The molecule has 0 N–H and O–H groups in total. The molecule has 1 aliphatic rings. The molecule has 0 aromatic heterocycles. The van der Waals surface area contributed by atoms with E-state index in [2.05, 4.69) is 83.1 Å². The molecule has 3 unspecified atom stereocenters. The molecule has 3 rings (SSSR count). The molecule has 1 saturated carbocycles. The second kappa shape index (κ2) is 13.3. The lowest BCUT2D eigenvalue weighted by Gasteiger charge is -2.30.